The molecule has 0 aromatic heterocycles. The molecule has 4 heterocycles. The zero-order valence-corrected chi connectivity index (χ0v) is 36.7. The lowest BCUT2D eigenvalue weighted by atomic mass is 9.94. The lowest BCUT2D eigenvalue weighted by Crippen LogP contribution is -2.49. The third-order valence-electron chi connectivity index (χ3n) is 9.11. The van der Waals surface area contributed by atoms with Gasteiger partial charge >= 0.3 is 30.1 Å². The number of aliphatic hydroxyl groups excluding tert-OH is 1. The molecule has 0 bridgehead atoms. The van der Waals surface area contributed by atoms with Gasteiger partial charge in [0.25, 0.3) is 0 Å². The molecule has 4 saturated heterocycles. The van der Waals surface area contributed by atoms with E-state index in [0.717, 1.165) is 65.4 Å². The summed E-state index contributed by atoms with van der Waals surface area (Å²) < 4.78 is 29.8. The molecule has 4 aliphatic heterocycles. The minimum absolute atomic E-state index is 0. The molecule has 2 amide bonds. The fraction of sp³-hybridized carbons (Fsp3) is 0.872. The lowest BCUT2D eigenvalue weighted by Gasteiger charge is -2.37. The Kier molecular flexibility index (Phi) is 27.3. The van der Waals surface area contributed by atoms with Crippen LogP contribution >= 0.6 is 12.4 Å². The minimum atomic E-state index is -0.519. The summed E-state index contributed by atoms with van der Waals surface area (Å²) in [6, 6.07) is 0.748. The minimum Gasteiger partial charge on any atom is -0.469 e. The highest BCUT2D eigenvalue weighted by Gasteiger charge is 2.36. The van der Waals surface area contributed by atoms with Crippen LogP contribution in [0.2, 0.25) is 0 Å². The van der Waals surface area contributed by atoms with Gasteiger partial charge in [0, 0.05) is 58.1 Å². The van der Waals surface area contributed by atoms with Crippen LogP contribution in [0.25, 0.3) is 0 Å². The van der Waals surface area contributed by atoms with Gasteiger partial charge in [-0.05, 0) is 114 Å². The van der Waals surface area contributed by atoms with Crippen molar-refractivity contribution in [1.82, 2.24) is 15.1 Å². The van der Waals surface area contributed by atoms with Crippen molar-refractivity contribution in [2.75, 3.05) is 61.3 Å². The molecule has 16 heteroatoms. The summed E-state index contributed by atoms with van der Waals surface area (Å²) in [6.07, 6.45) is 6.96. The van der Waals surface area contributed by atoms with E-state index in [9.17, 15) is 24.0 Å². The monoisotopic (exact) mass is 811 g/mol. The van der Waals surface area contributed by atoms with Gasteiger partial charge in [0.1, 0.15) is 11.2 Å². The SMILES string of the molecule is C1CCOC1.CO.COC(=O)[C@@H]1CC[C@@H](C)N(C(=O)OC(C)(C)C)C1.COC(=O)[C@@H]1CC[C@@H](C)NC1.COC(=O)[C@H]1CC[C@@H](C)N(C(=O)OC(C)(C)C)C1.Cl. The number of carbonyl (C=O) groups excluding carboxylic acids is 5. The number of hydrogen-bond donors (Lipinski definition) is 2. The van der Waals surface area contributed by atoms with E-state index >= 15 is 0 Å². The Balaban J connectivity index is 0. The van der Waals surface area contributed by atoms with E-state index in [4.69, 9.17) is 28.8 Å². The number of amides is 2. The summed E-state index contributed by atoms with van der Waals surface area (Å²) in [5.41, 5.74) is -1.04. The van der Waals surface area contributed by atoms with Gasteiger partial charge in [-0.1, -0.05) is 0 Å². The maximum absolute atomic E-state index is 12.0. The number of likely N-dealkylation sites (tertiary alicyclic amines) is 2. The smallest absolute Gasteiger partial charge is 0.410 e. The molecule has 4 rings (SSSR count). The van der Waals surface area contributed by atoms with E-state index in [1.807, 2.05) is 55.4 Å². The van der Waals surface area contributed by atoms with Gasteiger partial charge in [-0.3, -0.25) is 14.4 Å². The van der Waals surface area contributed by atoms with E-state index in [1.165, 1.54) is 34.2 Å². The Morgan fingerprint density at radius 2 is 0.945 bits per heavy atom. The number of methoxy groups -OCH3 is 3. The van der Waals surface area contributed by atoms with Crippen LogP contribution in [0.4, 0.5) is 9.59 Å². The lowest BCUT2D eigenvalue weighted by molar-refractivity contribution is -0.148. The van der Waals surface area contributed by atoms with Crippen LogP contribution in [0.3, 0.4) is 0 Å². The van der Waals surface area contributed by atoms with Crippen molar-refractivity contribution >= 4 is 42.5 Å². The number of nitrogens with one attached hydrogen (secondary N) is 1. The highest BCUT2D eigenvalue weighted by atomic mass is 35.5. The molecule has 55 heavy (non-hydrogen) atoms. The Bertz CT molecular complexity index is 1050. The average Bonchev–Trinajstić information content (AvgIpc) is 3.72. The number of halogens is 1. The first-order valence-electron chi connectivity index (χ1n) is 19.2. The Hall–Kier alpha value is -2.88. The van der Waals surface area contributed by atoms with Crippen LogP contribution in [0.1, 0.15) is 114 Å². The van der Waals surface area contributed by atoms with E-state index < -0.39 is 11.2 Å². The first-order chi connectivity index (χ1) is 25.2. The number of piperidine rings is 3. The number of ether oxygens (including phenoxy) is 6. The Labute approximate surface area is 336 Å². The summed E-state index contributed by atoms with van der Waals surface area (Å²) >= 11 is 0. The second-order valence-corrected chi connectivity index (χ2v) is 16.0. The molecule has 0 aromatic rings. The largest absolute Gasteiger partial charge is 0.469 e. The summed E-state index contributed by atoms with van der Waals surface area (Å²) in [7, 11) is 5.19. The van der Waals surface area contributed by atoms with Crippen LogP contribution in [-0.4, -0.2) is 136 Å². The zero-order chi connectivity index (χ0) is 41.6. The highest BCUT2D eigenvalue weighted by molar-refractivity contribution is 5.85. The summed E-state index contributed by atoms with van der Waals surface area (Å²) in [6.45, 7) is 20.6. The van der Waals surface area contributed by atoms with Gasteiger partial charge in [0.05, 0.1) is 39.1 Å². The van der Waals surface area contributed by atoms with Crippen molar-refractivity contribution in [2.24, 2.45) is 17.8 Å². The summed E-state index contributed by atoms with van der Waals surface area (Å²) in [5.74, 6) is -0.982. The Morgan fingerprint density at radius 1 is 0.600 bits per heavy atom. The quantitative estimate of drug-likeness (QED) is 0.260. The fourth-order valence-electron chi connectivity index (χ4n) is 5.96. The number of carbonyl (C=O) groups is 5. The third kappa shape index (κ3) is 22.5. The normalized spacial score (nSPS) is 24.7. The molecule has 15 nitrogen and oxygen atoms in total. The molecule has 2 N–H and O–H groups in total. The second kappa shape index (κ2) is 27.7. The van der Waals surface area contributed by atoms with Gasteiger partial charge < -0.3 is 48.6 Å². The van der Waals surface area contributed by atoms with Crippen molar-refractivity contribution in [1.29, 1.82) is 0 Å². The molecular weight excluding hydrogens is 738 g/mol. The van der Waals surface area contributed by atoms with Gasteiger partial charge in [0.2, 0.25) is 0 Å². The molecule has 324 valence electrons. The molecule has 0 unspecified atom stereocenters. The van der Waals surface area contributed by atoms with E-state index in [0.29, 0.717) is 19.1 Å². The van der Waals surface area contributed by atoms with Crippen LogP contribution < -0.4 is 5.32 Å². The van der Waals surface area contributed by atoms with Gasteiger partial charge in [0.15, 0.2) is 0 Å². The van der Waals surface area contributed by atoms with Crippen LogP contribution in [0.15, 0.2) is 0 Å². The van der Waals surface area contributed by atoms with Gasteiger partial charge in [-0.25, -0.2) is 9.59 Å². The second-order valence-electron chi connectivity index (χ2n) is 16.0. The van der Waals surface area contributed by atoms with E-state index in [-0.39, 0.29) is 72.3 Å². The van der Waals surface area contributed by atoms with Gasteiger partial charge in [-0.2, -0.15) is 0 Å². The summed E-state index contributed by atoms with van der Waals surface area (Å²) in [5, 5.41) is 10.2. The van der Waals surface area contributed by atoms with E-state index in [1.54, 1.807) is 9.80 Å². The molecule has 4 aliphatic rings. The van der Waals surface area contributed by atoms with Crippen LogP contribution in [0.5, 0.6) is 0 Å². The molecule has 4 fully saturated rings. The first-order valence-corrected chi connectivity index (χ1v) is 19.2. The third-order valence-corrected chi connectivity index (χ3v) is 9.11. The number of hydrogen-bond acceptors (Lipinski definition) is 13. The molecule has 0 aromatic carbocycles. The fourth-order valence-corrected chi connectivity index (χ4v) is 5.96. The van der Waals surface area contributed by atoms with Crippen molar-refractivity contribution in [3.05, 3.63) is 0 Å². The average molecular weight is 812 g/mol. The molecule has 0 spiro atoms. The first kappa shape index (κ1) is 54.2. The van der Waals surface area contributed by atoms with Crippen molar-refractivity contribution in [3.8, 4) is 0 Å². The van der Waals surface area contributed by atoms with Crippen molar-refractivity contribution < 1.29 is 57.5 Å². The predicted molar refractivity (Wildman–Crippen MR) is 212 cm³/mol. The molecule has 0 radical (unpaired) electrons. The number of nitrogens with zero attached hydrogens (tertiary/aromatic N) is 2. The number of esters is 3. The maximum atomic E-state index is 12.0. The van der Waals surface area contributed by atoms with Crippen molar-refractivity contribution in [2.45, 2.75) is 143 Å². The van der Waals surface area contributed by atoms with Gasteiger partial charge in [-0.15, -0.1) is 12.4 Å². The van der Waals surface area contributed by atoms with Crippen LogP contribution in [0, 0.1) is 17.8 Å². The van der Waals surface area contributed by atoms with Crippen molar-refractivity contribution in [3.63, 3.8) is 0 Å². The standard InChI is InChI=1S/2C13H23NO4.C8H15NO2.C4H8O.CH4O.ClH/c2*1-9-6-7-10(11(15)17-5)8-14(9)12(16)18-13(2,3)4;1-6-3-4-7(5-9-6)8(10)11-2;1-2-4-5-3-1;1-2;/h2*9-10H,6-8H2,1-5H3;6-7,9H,3-5H2,1-2H3;1-4H2;2H,1H3;1H/t9-,10+;9-,10-;6-,7-;;;/m111.../s1. The topological polar surface area (TPSA) is 179 Å². The maximum Gasteiger partial charge on any atom is 0.410 e. The predicted octanol–water partition coefficient (Wildman–Crippen LogP) is 5.76. The molecule has 0 saturated carbocycles. The molecule has 6 atom stereocenters. The molecule has 0 aliphatic carbocycles. The highest BCUT2D eigenvalue weighted by Crippen LogP contribution is 2.26. The molecular formula is C39H74ClN3O12. The Morgan fingerprint density at radius 3 is 1.22 bits per heavy atom. The number of aliphatic hydroxyl groups is 1. The van der Waals surface area contributed by atoms with Crippen LogP contribution in [-0.2, 0) is 42.8 Å². The summed E-state index contributed by atoms with van der Waals surface area (Å²) in [4.78, 5) is 61.4. The van der Waals surface area contributed by atoms with E-state index in [2.05, 4.69) is 17.0 Å². The number of rotatable bonds is 3. The zero-order valence-electron chi connectivity index (χ0n) is 35.9.